The van der Waals surface area contributed by atoms with Gasteiger partial charge in [-0.1, -0.05) is 0 Å². The normalized spacial score (nSPS) is 18.7. The number of amides is 1. The van der Waals surface area contributed by atoms with Gasteiger partial charge in [-0.3, -0.25) is 4.79 Å². The quantitative estimate of drug-likeness (QED) is 0.822. The zero-order valence-corrected chi connectivity index (χ0v) is 10.4. The van der Waals surface area contributed by atoms with Crippen molar-refractivity contribution in [2.45, 2.75) is 25.9 Å². The molecular weight excluding hydrogens is 232 g/mol. The fourth-order valence-corrected chi connectivity index (χ4v) is 2.26. The highest BCUT2D eigenvalue weighted by Crippen LogP contribution is 2.21. The lowest BCUT2D eigenvalue weighted by atomic mass is 9.92. The van der Waals surface area contributed by atoms with Crippen molar-refractivity contribution in [1.82, 2.24) is 9.88 Å². The summed E-state index contributed by atoms with van der Waals surface area (Å²) in [5.41, 5.74) is 0.350. The van der Waals surface area contributed by atoms with E-state index in [1.807, 2.05) is 0 Å². The Hall–Kier alpha value is -1.62. The largest absolute Gasteiger partial charge is 0.506 e. The van der Waals surface area contributed by atoms with Crippen LogP contribution in [0.4, 0.5) is 0 Å². The van der Waals surface area contributed by atoms with E-state index in [4.69, 9.17) is 5.11 Å². The predicted octanol–water partition coefficient (Wildman–Crippen LogP) is 1.02. The van der Waals surface area contributed by atoms with Crippen LogP contribution in [0.1, 0.15) is 30.3 Å². The number of rotatable bonds is 2. The van der Waals surface area contributed by atoms with Gasteiger partial charge in [0.15, 0.2) is 0 Å². The first-order valence-electron chi connectivity index (χ1n) is 6.20. The van der Waals surface area contributed by atoms with Crippen LogP contribution in [-0.2, 0) is 0 Å². The van der Waals surface area contributed by atoms with Crippen molar-refractivity contribution < 1.29 is 15.0 Å². The van der Waals surface area contributed by atoms with Crippen molar-refractivity contribution in [2.24, 2.45) is 5.92 Å². The van der Waals surface area contributed by atoms with Gasteiger partial charge in [0, 0.05) is 13.1 Å². The van der Waals surface area contributed by atoms with E-state index in [0.717, 1.165) is 12.8 Å². The van der Waals surface area contributed by atoms with Gasteiger partial charge in [0.1, 0.15) is 11.4 Å². The van der Waals surface area contributed by atoms with Crippen molar-refractivity contribution in [3.05, 3.63) is 24.0 Å². The molecule has 2 rings (SSSR count). The first kappa shape index (κ1) is 12.8. The average molecular weight is 250 g/mol. The van der Waals surface area contributed by atoms with E-state index in [1.165, 1.54) is 18.3 Å². The van der Waals surface area contributed by atoms with Crippen LogP contribution in [-0.4, -0.2) is 45.2 Å². The number of aliphatic hydroxyl groups excluding tert-OH is 1. The molecule has 1 saturated heterocycles. The van der Waals surface area contributed by atoms with Gasteiger partial charge in [-0.15, -0.1) is 0 Å². The van der Waals surface area contributed by atoms with Crippen molar-refractivity contribution in [1.29, 1.82) is 0 Å². The van der Waals surface area contributed by atoms with E-state index in [9.17, 15) is 9.90 Å². The Morgan fingerprint density at radius 1 is 1.44 bits per heavy atom. The molecular formula is C13H18N2O3. The molecule has 1 aromatic heterocycles. The molecule has 0 spiro atoms. The first-order chi connectivity index (χ1) is 8.58. The van der Waals surface area contributed by atoms with Crippen molar-refractivity contribution >= 4 is 5.91 Å². The van der Waals surface area contributed by atoms with Gasteiger partial charge >= 0.3 is 0 Å². The van der Waals surface area contributed by atoms with Crippen LogP contribution < -0.4 is 0 Å². The number of aromatic hydroxyl groups is 1. The van der Waals surface area contributed by atoms with E-state index >= 15 is 0 Å². The molecule has 0 aliphatic carbocycles. The van der Waals surface area contributed by atoms with Gasteiger partial charge in [-0.25, -0.2) is 4.98 Å². The second kappa shape index (κ2) is 5.35. The molecule has 1 fully saturated rings. The average Bonchev–Trinajstić information content (AvgIpc) is 2.39. The summed E-state index contributed by atoms with van der Waals surface area (Å²) in [7, 11) is 0. The van der Waals surface area contributed by atoms with Crippen LogP contribution in [0, 0.1) is 5.92 Å². The van der Waals surface area contributed by atoms with E-state index in [0.29, 0.717) is 18.8 Å². The predicted molar refractivity (Wildman–Crippen MR) is 66.2 cm³/mol. The molecule has 5 nitrogen and oxygen atoms in total. The maximum absolute atomic E-state index is 12.1. The Labute approximate surface area is 106 Å². The van der Waals surface area contributed by atoms with Crippen molar-refractivity contribution in [3.8, 4) is 5.75 Å². The third-order valence-electron chi connectivity index (χ3n) is 3.48. The van der Waals surface area contributed by atoms with Crippen LogP contribution in [0.2, 0.25) is 0 Å². The monoisotopic (exact) mass is 250 g/mol. The molecule has 0 aromatic carbocycles. The first-order valence-corrected chi connectivity index (χ1v) is 6.20. The minimum atomic E-state index is -0.311. The summed E-state index contributed by atoms with van der Waals surface area (Å²) >= 11 is 0. The molecule has 0 saturated carbocycles. The van der Waals surface area contributed by atoms with Gasteiger partial charge in [0.2, 0.25) is 0 Å². The van der Waals surface area contributed by atoms with E-state index in [1.54, 1.807) is 11.8 Å². The van der Waals surface area contributed by atoms with E-state index < -0.39 is 0 Å². The van der Waals surface area contributed by atoms with Crippen molar-refractivity contribution in [2.75, 3.05) is 13.1 Å². The number of aliphatic hydroxyl groups is 1. The highest BCUT2D eigenvalue weighted by Gasteiger charge is 2.26. The van der Waals surface area contributed by atoms with Gasteiger partial charge in [0.25, 0.3) is 5.91 Å². The second-order valence-electron chi connectivity index (χ2n) is 4.77. The molecule has 1 aliphatic heterocycles. The van der Waals surface area contributed by atoms with Crippen LogP contribution in [0.3, 0.4) is 0 Å². The van der Waals surface area contributed by atoms with Gasteiger partial charge in [-0.2, -0.15) is 0 Å². The van der Waals surface area contributed by atoms with Gasteiger partial charge < -0.3 is 15.1 Å². The van der Waals surface area contributed by atoms with Crippen LogP contribution in [0.15, 0.2) is 18.3 Å². The molecule has 1 amide bonds. The standard InChI is InChI=1S/C13H18N2O3/c1-9(16)10-4-6-15(7-5-10)13(18)12-3-2-11(17)8-14-12/h2-3,8-10,16-17H,4-7H2,1H3/t9-/m0/s1. The molecule has 0 unspecified atom stereocenters. The minimum absolute atomic E-state index is 0.0550. The number of hydrogen-bond acceptors (Lipinski definition) is 4. The van der Waals surface area contributed by atoms with Crippen LogP contribution in [0.25, 0.3) is 0 Å². The Balaban J connectivity index is 1.97. The summed E-state index contributed by atoms with van der Waals surface area (Å²) in [5.74, 6) is 0.222. The third kappa shape index (κ3) is 2.79. The summed E-state index contributed by atoms with van der Waals surface area (Å²) in [6.45, 7) is 3.09. The Kier molecular flexibility index (Phi) is 3.81. The number of piperidine rings is 1. The number of pyridine rings is 1. The third-order valence-corrected chi connectivity index (χ3v) is 3.48. The Morgan fingerprint density at radius 2 is 2.11 bits per heavy atom. The topological polar surface area (TPSA) is 73.7 Å². The molecule has 1 aliphatic rings. The highest BCUT2D eigenvalue weighted by molar-refractivity contribution is 5.92. The number of carbonyl (C=O) groups excluding carboxylic acids is 1. The lowest BCUT2D eigenvalue weighted by Gasteiger charge is -2.33. The lowest BCUT2D eigenvalue weighted by molar-refractivity contribution is 0.0517. The summed E-state index contributed by atoms with van der Waals surface area (Å²) in [6.07, 6.45) is 2.60. The molecule has 2 N–H and O–H groups in total. The molecule has 5 heteroatoms. The van der Waals surface area contributed by atoms with Crippen LogP contribution in [0.5, 0.6) is 5.75 Å². The van der Waals surface area contributed by atoms with Gasteiger partial charge in [0.05, 0.1) is 12.3 Å². The fraction of sp³-hybridized carbons (Fsp3) is 0.538. The SMILES string of the molecule is C[C@H](O)C1CCN(C(=O)c2ccc(O)cn2)CC1. The molecule has 18 heavy (non-hydrogen) atoms. The van der Waals surface area contributed by atoms with Gasteiger partial charge in [-0.05, 0) is 37.8 Å². The summed E-state index contributed by atoms with van der Waals surface area (Å²) in [4.78, 5) is 17.8. The number of likely N-dealkylation sites (tertiary alicyclic amines) is 1. The van der Waals surface area contributed by atoms with Crippen molar-refractivity contribution in [3.63, 3.8) is 0 Å². The second-order valence-corrected chi connectivity index (χ2v) is 4.77. The molecule has 2 heterocycles. The smallest absolute Gasteiger partial charge is 0.272 e. The maximum Gasteiger partial charge on any atom is 0.272 e. The molecule has 1 atom stereocenters. The zero-order valence-electron chi connectivity index (χ0n) is 10.4. The fourth-order valence-electron chi connectivity index (χ4n) is 2.26. The number of aromatic nitrogens is 1. The molecule has 98 valence electrons. The summed E-state index contributed by atoms with van der Waals surface area (Å²) in [5, 5.41) is 18.6. The minimum Gasteiger partial charge on any atom is -0.506 e. The maximum atomic E-state index is 12.1. The molecule has 0 bridgehead atoms. The molecule has 0 radical (unpaired) electrons. The van der Waals surface area contributed by atoms with Crippen LogP contribution >= 0.6 is 0 Å². The number of nitrogens with zero attached hydrogens (tertiary/aromatic N) is 2. The summed E-state index contributed by atoms with van der Waals surface area (Å²) in [6, 6.07) is 2.99. The summed E-state index contributed by atoms with van der Waals surface area (Å²) < 4.78 is 0. The highest BCUT2D eigenvalue weighted by atomic mass is 16.3. The van der Waals surface area contributed by atoms with E-state index in [-0.39, 0.29) is 23.7 Å². The zero-order chi connectivity index (χ0) is 13.1. The number of carbonyl (C=O) groups is 1. The Morgan fingerprint density at radius 3 is 2.61 bits per heavy atom. The van der Waals surface area contributed by atoms with E-state index in [2.05, 4.69) is 4.98 Å². The number of hydrogen-bond donors (Lipinski definition) is 2. The Bertz CT molecular complexity index is 409. The molecule has 1 aromatic rings. The lowest BCUT2D eigenvalue weighted by Crippen LogP contribution is -2.41.